The van der Waals surface area contributed by atoms with Gasteiger partial charge in [0.15, 0.2) is 11.5 Å². The Morgan fingerprint density at radius 1 is 1.19 bits per heavy atom. The Morgan fingerprint density at radius 3 is 2.78 bits per heavy atom. The van der Waals surface area contributed by atoms with Crippen LogP contribution in [-0.4, -0.2) is 31.5 Å². The number of para-hydroxylation sites is 1. The molecule has 0 bridgehead atoms. The van der Waals surface area contributed by atoms with Crippen LogP contribution in [0.4, 0.5) is 0 Å². The lowest BCUT2D eigenvalue weighted by Gasteiger charge is -2.13. The van der Waals surface area contributed by atoms with Crippen molar-refractivity contribution in [2.45, 2.75) is 6.92 Å². The molecular weight excluding hydrogens is 350 g/mol. The van der Waals surface area contributed by atoms with E-state index in [1.54, 1.807) is 43.3 Å². The van der Waals surface area contributed by atoms with Gasteiger partial charge in [-0.15, -0.1) is 0 Å². The molecule has 1 aliphatic heterocycles. The van der Waals surface area contributed by atoms with Crippen molar-refractivity contribution in [2.24, 2.45) is 0 Å². The van der Waals surface area contributed by atoms with Gasteiger partial charge >= 0.3 is 5.97 Å². The maximum atomic E-state index is 13.1. The molecule has 27 heavy (non-hydrogen) atoms. The van der Waals surface area contributed by atoms with Gasteiger partial charge in [0.1, 0.15) is 11.3 Å². The molecule has 0 spiro atoms. The van der Waals surface area contributed by atoms with Gasteiger partial charge in [-0.1, -0.05) is 6.07 Å². The summed E-state index contributed by atoms with van der Waals surface area (Å²) in [6.45, 7) is 1.98. The third kappa shape index (κ3) is 2.77. The summed E-state index contributed by atoms with van der Waals surface area (Å²) < 4.78 is 21.2. The van der Waals surface area contributed by atoms with Gasteiger partial charge in [0, 0.05) is 5.56 Å². The Balaban J connectivity index is 2.03. The zero-order valence-electron chi connectivity index (χ0n) is 14.8. The largest absolute Gasteiger partial charge is 0.495 e. The molecule has 138 valence electrons. The fraction of sp³-hybridized carbons (Fsp3) is 0.200. The van der Waals surface area contributed by atoms with Crippen LogP contribution in [0, 0.1) is 0 Å². The molecule has 7 heteroatoms. The second-order valence-electron chi connectivity index (χ2n) is 5.88. The van der Waals surface area contributed by atoms with Gasteiger partial charge in [-0.05, 0) is 37.3 Å². The van der Waals surface area contributed by atoms with Crippen LogP contribution >= 0.6 is 0 Å². The summed E-state index contributed by atoms with van der Waals surface area (Å²) in [5.41, 5.74) is 0.969. The van der Waals surface area contributed by atoms with Crippen LogP contribution in [0.25, 0.3) is 22.2 Å². The van der Waals surface area contributed by atoms with E-state index in [4.69, 9.17) is 18.9 Å². The number of hydrogen-bond donors (Lipinski definition) is 1. The summed E-state index contributed by atoms with van der Waals surface area (Å²) in [5, 5.41) is 0.349. The SMILES string of the molecule is CCOC(=O)c1c(-c2ccc3c(c2)OCO3)[nH]c2c(OC)cccc2c1=O. The van der Waals surface area contributed by atoms with Crippen LogP contribution in [-0.2, 0) is 4.74 Å². The van der Waals surface area contributed by atoms with Crippen LogP contribution in [0.15, 0.2) is 41.2 Å². The van der Waals surface area contributed by atoms with Crippen molar-refractivity contribution in [3.8, 4) is 28.5 Å². The Kier molecular flexibility index (Phi) is 4.19. The van der Waals surface area contributed by atoms with Crippen molar-refractivity contribution in [2.75, 3.05) is 20.5 Å². The molecule has 0 atom stereocenters. The van der Waals surface area contributed by atoms with E-state index >= 15 is 0 Å². The lowest BCUT2D eigenvalue weighted by atomic mass is 10.0. The maximum absolute atomic E-state index is 13.1. The zero-order valence-corrected chi connectivity index (χ0v) is 14.8. The number of carbonyl (C=O) groups excluding carboxylic acids is 1. The summed E-state index contributed by atoms with van der Waals surface area (Å²) >= 11 is 0. The number of methoxy groups -OCH3 is 1. The first kappa shape index (κ1) is 17.0. The lowest BCUT2D eigenvalue weighted by Crippen LogP contribution is -2.20. The minimum atomic E-state index is -0.684. The summed E-state index contributed by atoms with van der Waals surface area (Å²) in [4.78, 5) is 28.9. The highest BCUT2D eigenvalue weighted by atomic mass is 16.7. The van der Waals surface area contributed by atoms with Gasteiger partial charge in [0.25, 0.3) is 0 Å². The van der Waals surface area contributed by atoms with Crippen LogP contribution in [0.1, 0.15) is 17.3 Å². The van der Waals surface area contributed by atoms with Crippen LogP contribution < -0.4 is 19.6 Å². The van der Waals surface area contributed by atoms with E-state index in [-0.39, 0.29) is 19.0 Å². The number of aromatic nitrogens is 1. The van der Waals surface area contributed by atoms with E-state index in [1.165, 1.54) is 7.11 Å². The van der Waals surface area contributed by atoms with E-state index in [0.29, 0.717) is 39.4 Å². The van der Waals surface area contributed by atoms with Gasteiger partial charge in [-0.2, -0.15) is 0 Å². The maximum Gasteiger partial charge on any atom is 0.344 e. The fourth-order valence-corrected chi connectivity index (χ4v) is 3.12. The highest BCUT2D eigenvalue weighted by Gasteiger charge is 2.24. The standard InChI is InChI=1S/C20H17NO6/c1-3-25-20(23)16-17(11-7-8-13-15(9-11)27-10-26-13)21-18-12(19(16)22)5-4-6-14(18)24-2/h4-9H,3,10H2,1-2H3,(H,21,22). The van der Waals surface area contributed by atoms with Gasteiger partial charge in [0.2, 0.25) is 12.2 Å². The van der Waals surface area contributed by atoms with Crippen LogP contribution in [0.5, 0.6) is 17.2 Å². The second-order valence-corrected chi connectivity index (χ2v) is 5.88. The number of nitrogens with one attached hydrogen (secondary N) is 1. The fourth-order valence-electron chi connectivity index (χ4n) is 3.12. The Hall–Kier alpha value is -3.48. The van der Waals surface area contributed by atoms with E-state index in [9.17, 15) is 9.59 Å². The molecule has 0 fully saturated rings. The van der Waals surface area contributed by atoms with E-state index in [1.807, 2.05) is 0 Å². The molecule has 1 N–H and O–H groups in total. The smallest absolute Gasteiger partial charge is 0.344 e. The third-order valence-electron chi connectivity index (χ3n) is 4.36. The normalized spacial score (nSPS) is 12.2. The summed E-state index contributed by atoms with van der Waals surface area (Å²) in [6.07, 6.45) is 0. The number of rotatable bonds is 4. The number of fused-ring (bicyclic) bond motifs is 2. The highest BCUT2D eigenvalue weighted by molar-refractivity contribution is 6.01. The van der Waals surface area contributed by atoms with Crippen LogP contribution in [0.2, 0.25) is 0 Å². The summed E-state index contributed by atoms with van der Waals surface area (Å²) in [6, 6.07) is 10.3. The van der Waals surface area contributed by atoms with Gasteiger partial charge < -0.3 is 23.9 Å². The molecule has 0 amide bonds. The Morgan fingerprint density at radius 2 is 2.00 bits per heavy atom. The third-order valence-corrected chi connectivity index (χ3v) is 4.36. The number of pyridine rings is 1. The van der Waals surface area contributed by atoms with Crippen molar-refractivity contribution in [1.82, 2.24) is 4.98 Å². The van der Waals surface area contributed by atoms with E-state index < -0.39 is 11.4 Å². The molecule has 0 unspecified atom stereocenters. The molecule has 0 radical (unpaired) electrons. The second kappa shape index (κ2) is 6.68. The average Bonchev–Trinajstić information content (AvgIpc) is 3.15. The predicted octanol–water partition coefficient (Wildman–Crippen LogP) is 3.11. The van der Waals surface area contributed by atoms with Crippen molar-refractivity contribution in [3.63, 3.8) is 0 Å². The topological polar surface area (TPSA) is 86.8 Å². The molecule has 7 nitrogen and oxygen atoms in total. The van der Waals surface area contributed by atoms with Gasteiger partial charge in [-0.25, -0.2) is 4.79 Å². The number of carbonyl (C=O) groups is 1. The number of H-pyrrole nitrogens is 1. The Bertz CT molecular complexity index is 1100. The first-order valence-corrected chi connectivity index (χ1v) is 8.44. The molecule has 0 aliphatic carbocycles. The van der Waals surface area contributed by atoms with Crippen molar-refractivity contribution < 1.29 is 23.7 Å². The molecular formula is C20H17NO6. The Labute approximate surface area is 154 Å². The minimum Gasteiger partial charge on any atom is -0.495 e. The number of ether oxygens (including phenoxy) is 4. The lowest BCUT2D eigenvalue weighted by molar-refractivity contribution is 0.0525. The van der Waals surface area contributed by atoms with Crippen LogP contribution in [0.3, 0.4) is 0 Å². The molecule has 2 heterocycles. The average molecular weight is 367 g/mol. The summed E-state index contributed by atoms with van der Waals surface area (Å²) in [5.74, 6) is 0.971. The molecule has 1 aliphatic rings. The molecule has 1 aromatic heterocycles. The van der Waals surface area contributed by atoms with Crippen molar-refractivity contribution >= 4 is 16.9 Å². The van der Waals surface area contributed by atoms with Crippen molar-refractivity contribution in [3.05, 3.63) is 52.2 Å². The monoisotopic (exact) mass is 367 g/mol. The number of hydrogen-bond acceptors (Lipinski definition) is 6. The molecule has 3 aromatic rings. The first-order chi connectivity index (χ1) is 13.1. The molecule has 0 saturated carbocycles. The minimum absolute atomic E-state index is 0.0588. The van der Waals surface area contributed by atoms with Crippen molar-refractivity contribution in [1.29, 1.82) is 0 Å². The van der Waals surface area contributed by atoms with E-state index in [2.05, 4.69) is 4.98 Å². The van der Waals surface area contributed by atoms with Gasteiger partial charge in [0.05, 0.1) is 30.3 Å². The summed E-state index contributed by atoms with van der Waals surface area (Å²) in [7, 11) is 1.52. The molecule has 0 saturated heterocycles. The first-order valence-electron chi connectivity index (χ1n) is 8.44. The van der Waals surface area contributed by atoms with E-state index in [0.717, 1.165) is 0 Å². The zero-order chi connectivity index (χ0) is 19.0. The predicted molar refractivity (Wildman–Crippen MR) is 98.6 cm³/mol. The number of aromatic amines is 1. The number of esters is 1. The number of benzene rings is 2. The van der Waals surface area contributed by atoms with Gasteiger partial charge in [-0.3, -0.25) is 4.79 Å². The molecule has 2 aromatic carbocycles. The quantitative estimate of drug-likeness (QED) is 0.713. The molecule has 4 rings (SSSR count). The highest BCUT2D eigenvalue weighted by Crippen LogP contribution is 2.37.